The fourth-order valence-electron chi connectivity index (χ4n) is 10.9. The Labute approximate surface area is 435 Å². The predicted octanol–water partition coefficient (Wildman–Crippen LogP) is 11.0. The van der Waals surface area contributed by atoms with E-state index in [1.807, 2.05) is 11.0 Å². The van der Waals surface area contributed by atoms with Gasteiger partial charge in [-0.2, -0.15) is 0 Å². The molecule has 5 aliphatic rings. The number of aromatic nitrogens is 2. The van der Waals surface area contributed by atoms with Gasteiger partial charge in [0.05, 0.1) is 42.7 Å². The minimum Gasteiger partial charge on any atom is -0.480 e. The van der Waals surface area contributed by atoms with Crippen molar-refractivity contribution in [3.63, 3.8) is 0 Å². The highest BCUT2D eigenvalue weighted by Gasteiger charge is 2.44. The number of carboxylic acid groups (broad SMARTS) is 1. The van der Waals surface area contributed by atoms with Gasteiger partial charge < -0.3 is 40.6 Å². The molecule has 2 amide bonds. The number of hydrogen-bond donors (Lipinski definition) is 4. The van der Waals surface area contributed by atoms with Gasteiger partial charge in [-0.05, 0) is 112 Å². The van der Waals surface area contributed by atoms with Crippen LogP contribution in [0.2, 0.25) is 0 Å². The van der Waals surface area contributed by atoms with Crippen LogP contribution >= 0.6 is 22.7 Å². The molecule has 73 heavy (non-hydrogen) atoms. The molecule has 2 unspecified atom stereocenters. The van der Waals surface area contributed by atoms with Crippen LogP contribution in [0.1, 0.15) is 120 Å². The zero-order valence-electron chi connectivity index (χ0n) is 42.1. The lowest BCUT2D eigenvalue weighted by molar-refractivity contribution is -0.185. The third-order valence-electron chi connectivity index (χ3n) is 14.8. The highest BCUT2D eigenvalue weighted by atomic mass is 32.1. The number of carboxylic acids is 1. The van der Waals surface area contributed by atoms with Gasteiger partial charge in [-0.15, -0.1) is 22.7 Å². The van der Waals surface area contributed by atoms with E-state index in [9.17, 15) is 24.3 Å². The number of benzene rings is 4. The maximum absolute atomic E-state index is 13.3. The fraction of sp³-hybridized carbons (Fsp3) is 0.474. The molecule has 0 radical (unpaired) electrons. The fourth-order valence-corrected chi connectivity index (χ4v) is 12.8. The normalized spacial score (nSPS) is 21.0. The van der Waals surface area contributed by atoms with E-state index in [0.717, 1.165) is 60.7 Å². The second kappa shape index (κ2) is 23.3. The monoisotopic (exact) mass is 1030 g/mol. The summed E-state index contributed by atoms with van der Waals surface area (Å²) in [6.07, 6.45) is 8.78. The zero-order chi connectivity index (χ0) is 51.1. The summed E-state index contributed by atoms with van der Waals surface area (Å²) in [6.45, 7) is 8.23. The Bertz CT molecular complexity index is 2850. The van der Waals surface area contributed by atoms with E-state index in [1.165, 1.54) is 45.0 Å². The van der Waals surface area contributed by atoms with Gasteiger partial charge in [0.2, 0.25) is 5.91 Å². The third-order valence-corrected chi connectivity index (χ3v) is 16.7. The van der Waals surface area contributed by atoms with Gasteiger partial charge >= 0.3 is 12.1 Å². The molecule has 1 spiro atoms. The first-order valence-corrected chi connectivity index (χ1v) is 27.7. The molecule has 5 N–H and O–H groups in total. The van der Waals surface area contributed by atoms with Crippen molar-refractivity contribution in [3.8, 4) is 22.5 Å². The van der Waals surface area contributed by atoms with Gasteiger partial charge in [0.25, 0.3) is 0 Å². The first-order chi connectivity index (χ1) is 35.2. The molecule has 16 heteroatoms. The first-order valence-electron chi connectivity index (χ1n) is 25.9. The summed E-state index contributed by atoms with van der Waals surface area (Å²) in [7, 11) is 0. The van der Waals surface area contributed by atoms with E-state index >= 15 is 0 Å². The summed E-state index contributed by atoms with van der Waals surface area (Å²) < 4.78 is 16.4. The number of fused-ring (bicyclic) bond motifs is 2. The molecule has 3 saturated heterocycles. The minimum atomic E-state index is -1.04. The van der Waals surface area contributed by atoms with Crippen LogP contribution in [0.25, 0.3) is 44.1 Å². The van der Waals surface area contributed by atoms with Gasteiger partial charge in [-0.1, -0.05) is 84.9 Å². The van der Waals surface area contributed by atoms with Crippen LogP contribution in [0.4, 0.5) is 4.79 Å². The summed E-state index contributed by atoms with van der Waals surface area (Å²) in [4.78, 5) is 59.9. The van der Waals surface area contributed by atoms with E-state index in [0.29, 0.717) is 63.6 Å². The Balaban J connectivity index is 0.000000139. The average Bonchev–Trinajstić information content (AvgIpc) is 4.27. The van der Waals surface area contributed by atoms with Gasteiger partial charge in [0, 0.05) is 54.1 Å². The number of Topliss-reactive ketones (excluding diaryl/α,β-unsaturated/α-hetero) is 1. The summed E-state index contributed by atoms with van der Waals surface area (Å²) >= 11 is 3.41. The largest absolute Gasteiger partial charge is 0.480 e. The average molecular weight is 1030 g/mol. The summed E-state index contributed by atoms with van der Waals surface area (Å²) in [5.41, 5.74) is 10.2. The summed E-state index contributed by atoms with van der Waals surface area (Å²) in [5, 5.41) is 26.9. The van der Waals surface area contributed by atoms with Crippen LogP contribution in [0.3, 0.4) is 0 Å². The molecule has 2 aliphatic carbocycles. The Morgan fingerprint density at radius 3 is 1.93 bits per heavy atom. The third kappa shape index (κ3) is 12.7. The van der Waals surface area contributed by atoms with Crippen molar-refractivity contribution in [2.45, 2.75) is 133 Å². The van der Waals surface area contributed by atoms with E-state index in [1.54, 1.807) is 43.4 Å². The summed E-state index contributed by atoms with van der Waals surface area (Å²) in [6, 6.07) is 28.6. The molecule has 5 fully saturated rings. The highest BCUT2D eigenvalue weighted by Crippen LogP contribution is 2.41. The van der Waals surface area contributed by atoms with Crippen LogP contribution in [0, 0.1) is 11.8 Å². The number of ketones is 1. The highest BCUT2D eigenvalue weighted by molar-refractivity contribution is 7.10. The number of nitrogens with one attached hydrogen (secondary N) is 2. The Morgan fingerprint density at radius 1 is 0.781 bits per heavy atom. The van der Waals surface area contributed by atoms with Crippen LogP contribution in [0.15, 0.2) is 95.7 Å². The number of rotatable bonds is 9. The molecule has 0 bridgehead atoms. The molecule has 2 aromatic heterocycles. The quantitative estimate of drug-likeness (QED) is 0.107. The van der Waals surface area contributed by atoms with Gasteiger partial charge in [-0.25, -0.2) is 19.6 Å². The van der Waals surface area contributed by atoms with E-state index < -0.39 is 35.5 Å². The Morgan fingerprint density at radius 2 is 1.36 bits per heavy atom. The summed E-state index contributed by atoms with van der Waals surface area (Å²) in [5.74, 6) is -1.31. The molecule has 11 rings (SSSR count). The second-order valence-electron chi connectivity index (χ2n) is 20.8. The Hall–Kier alpha value is -5.62. The lowest BCUT2D eigenvalue weighted by atomic mass is 9.80. The number of alkyl carbamates (subject to hydrolysis) is 1. The minimum absolute atomic E-state index is 0.00232. The topological polar surface area (TPSA) is 195 Å². The van der Waals surface area contributed by atoms with E-state index in [-0.39, 0.29) is 23.8 Å². The standard InChI is InChI=1S/C25H27N3O2S.C17H16N2S.C15H25NO6/c26-23(17-10-12-18(29)13-11-17)25(30)28-14-4-9-22(28)24-27-21(15-31-24)20-8-3-6-16-5-1-2-7-19(16)20;1-2-7-13-12(5-1)6-3-8-14(13)16-11-20-17(19-16)15-9-4-10-18-15;1-14(2,3)22-13(19)16-11(12(17)18)10-4-6-15(7-5-10)20-8-9-21-15/h1-3,5-8,15,17,22-23H,4,9-14,26H2;1-3,5-8,11,15,18H,4,9-10H2;10-11H,4-9H2,1-3H3,(H,16,19)(H,17,18)/t22-,23?;15-;/m00./s1. The zero-order valence-corrected chi connectivity index (χ0v) is 43.7. The molecule has 3 aliphatic heterocycles. The van der Waals surface area contributed by atoms with E-state index in [2.05, 4.69) is 100 Å². The molecule has 2 saturated carbocycles. The maximum atomic E-state index is 13.3. The van der Waals surface area contributed by atoms with Crippen molar-refractivity contribution in [1.82, 2.24) is 25.5 Å². The van der Waals surface area contributed by atoms with Crippen molar-refractivity contribution >= 4 is 68.0 Å². The number of carbonyl (C=O) groups excluding carboxylic acids is 3. The lowest BCUT2D eigenvalue weighted by Crippen LogP contribution is -2.50. The van der Waals surface area contributed by atoms with Crippen molar-refractivity contribution in [2.24, 2.45) is 17.6 Å². The van der Waals surface area contributed by atoms with Crippen LogP contribution < -0.4 is 16.4 Å². The van der Waals surface area contributed by atoms with Crippen LogP contribution in [-0.4, -0.2) is 93.5 Å². The molecular formula is C57H68N6O8S2. The molecule has 4 atom stereocenters. The van der Waals surface area contributed by atoms with Crippen molar-refractivity contribution < 1.29 is 38.5 Å². The number of likely N-dealkylation sites (tertiary alicyclic amines) is 1. The first kappa shape index (κ1) is 52.3. The number of nitrogens with zero attached hydrogens (tertiary/aromatic N) is 3. The van der Waals surface area contributed by atoms with Gasteiger partial charge in [-0.3, -0.25) is 9.59 Å². The number of aliphatic carboxylic acids is 1. The number of hydrogen-bond acceptors (Lipinski definition) is 13. The van der Waals surface area contributed by atoms with Crippen LogP contribution in [-0.2, 0) is 28.6 Å². The maximum Gasteiger partial charge on any atom is 0.408 e. The van der Waals surface area contributed by atoms with Crippen molar-refractivity contribution in [2.75, 3.05) is 26.3 Å². The molecule has 6 aromatic rings. The number of nitrogens with two attached hydrogens (primary N) is 1. The Kier molecular flexibility index (Phi) is 16.7. The van der Waals surface area contributed by atoms with E-state index in [4.69, 9.17) is 29.9 Å². The molecule has 14 nitrogen and oxygen atoms in total. The predicted molar refractivity (Wildman–Crippen MR) is 286 cm³/mol. The SMILES string of the molecule is CC(C)(C)OC(=O)NC(C(=O)O)C1CCC2(CC1)OCCO2.NC(C(=O)N1CCC[C@H]1c1nc(-c2cccc3ccccc23)cs1)C1CCC(=O)CC1.c1ccc2c(-c3csc([C@@H]4CCCN4)n3)cccc2c1. The van der Waals surface area contributed by atoms with Crippen molar-refractivity contribution in [3.05, 3.63) is 106 Å². The number of ether oxygens (including phenoxy) is 3. The second-order valence-corrected chi connectivity index (χ2v) is 22.6. The number of carbonyl (C=O) groups is 4. The smallest absolute Gasteiger partial charge is 0.408 e. The molecule has 5 heterocycles. The molecule has 386 valence electrons. The van der Waals surface area contributed by atoms with Crippen LogP contribution in [0.5, 0.6) is 0 Å². The van der Waals surface area contributed by atoms with Crippen molar-refractivity contribution in [1.29, 1.82) is 0 Å². The van der Waals surface area contributed by atoms with Gasteiger partial charge in [0.15, 0.2) is 5.79 Å². The number of thiazole rings is 2. The van der Waals surface area contributed by atoms with Gasteiger partial charge in [0.1, 0.15) is 27.4 Å². The molecular weight excluding hydrogens is 961 g/mol. The molecule has 4 aromatic carbocycles. The number of amides is 2. The lowest BCUT2D eigenvalue weighted by Gasteiger charge is -2.37.